The number of hydrogen-bond donors (Lipinski definition) is 0. The fourth-order valence-electron chi connectivity index (χ4n) is 0.610. The molecule has 0 bridgehead atoms. The molecule has 0 aliphatic rings. The minimum Gasteiger partial charge on any atom is -0.451 e. The minimum atomic E-state index is -3.24. The summed E-state index contributed by atoms with van der Waals surface area (Å²) < 4.78 is 19.3. The molecule has 0 unspecified atom stereocenters. The Morgan fingerprint density at radius 2 is 1.50 bits per heavy atom. The van der Waals surface area contributed by atoms with Crippen LogP contribution in [0.5, 0.6) is 0 Å². The number of hydrogen-bond acceptors (Lipinski definition) is 5. The van der Waals surface area contributed by atoms with Gasteiger partial charge >= 0.3 is 15.0 Å². The summed E-state index contributed by atoms with van der Waals surface area (Å²) in [6, 6.07) is 0. The third kappa shape index (κ3) is 3.81. The van der Waals surface area contributed by atoms with E-state index in [1.54, 1.807) is 13.8 Å². The van der Waals surface area contributed by atoms with Crippen molar-refractivity contribution in [3.63, 3.8) is 0 Å². The molecule has 0 atom stereocenters. The van der Waals surface area contributed by atoms with Gasteiger partial charge in [-0.1, -0.05) is 22.6 Å². The Hall–Kier alpha value is 0.297. The molecule has 0 amide bonds. The van der Waals surface area contributed by atoms with Gasteiger partial charge in [0.1, 0.15) is 3.42 Å². The van der Waals surface area contributed by atoms with Crippen LogP contribution in [-0.2, 0) is 22.5 Å². The van der Waals surface area contributed by atoms with Crippen LogP contribution in [-0.4, -0.2) is 39.8 Å². The van der Waals surface area contributed by atoms with Gasteiger partial charge in [-0.15, -0.1) is 0 Å². The average molecular weight is 334 g/mol. The zero-order valence-corrected chi connectivity index (χ0v) is 12.1. The summed E-state index contributed by atoms with van der Waals surface area (Å²) >= 11 is 1.97. The lowest BCUT2D eigenvalue weighted by Crippen LogP contribution is -2.50. The molecule has 0 rings (SSSR count). The first-order chi connectivity index (χ1) is 6.31. The zero-order chi connectivity index (χ0) is 11.4. The molecule has 0 heterocycles. The monoisotopic (exact) mass is 334 g/mol. The van der Waals surface area contributed by atoms with Crippen LogP contribution >= 0.6 is 22.6 Å². The van der Waals surface area contributed by atoms with Gasteiger partial charge in [0.05, 0.1) is 0 Å². The Labute approximate surface area is 98.7 Å². The first-order valence-electron chi connectivity index (χ1n) is 3.89. The quantitative estimate of drug-likeness (QED) is 0.428. The van der Waals surface area contributed by atoms with Crippen molar-refractivity contribution < 1.29 is 22.5 Å². The first kappa shape index (κ1) is 14.3. The van der Waals surface area contributed by atoms with Crippen molar-refractivity contribution in [1.29, 1.82) is 0 Å². The lowest BCUT2D eigenvalue weighted by atomic mass is 10.2. The summed E-state index contributed by atoms with van der Waals surface area (Å²) in [5, 5.41) is 0. The van der Waals surface area contributed by atoms with Gasteiger partial charge in [0.2, 0.25) is 0 Å². The molecule has 0 saturated carbocycles. The van der Waals surface area contributed by atoms with E-state index in [4.69, 9.17) is 17.7 Å². The summed E-state index contributed by atoms with van der Waals surface area (Å²) in [4.78, 5) is 11.5. The lowest BCUT2D eigenvalue weighted by Gasteiger charge is -2.25. The molecular weight excluding hydrogens is 319 g/mol. The van der Waals surface area contributed by atoms with Crippen LogP contribution in [0.25, 0.3) is 0 Å². The number of carbonyl (C=O) groups excluding carboxylic acids is 1. The fourth-order valence-corrected chi connectivity index (χ4v) is 2.16. The maximum absolute atomic E-state index is 11.5. The van der Waals surface area contributed by atoms with Gasteiger partial charge in [-0.3, -0.25) is 4.79 Å². The van der Waals surface area contributed by atoms with E-state index in [0.29, 0.717) is 0 Å². The van der Waals surface area contributed by atoms with Crippen molar-refractivity contribution in [2.75, 3.05) is 21.3 Å². The second-order valence-electron chi connectivity index (χ2n) is 2.97. The predicted molar refractivity (Wildman–Crippen MR) is 61.0 cm³/mol. The molecule has 14 heavy (non-hydrogen) atoms. The second kappa shape index (κ2) is 5.40. The molecule has 0 spiro atoms. The van der Waals surface area contributed by atoms with E-state index < -0.39 is 18.4 Å². The molecule has 0 radical (unpaired) electrons. The van der Waals surface area contributed by atoms with E-state index in [1.165, 1.54) is 21.3 Å². The molecule has 7 heteroatoms. The third-order valence-corrected chi connectivity index (χ3v) is 3.83. The SMILES string of the molecule is CO[Si](OC)(OC)OC(=O)C(C)(C)I. The van der Waals surface area contributed by atoms with Crippen LogP contribution in [0.4, 0.5) is 0 Å². The van der Waals surface area contributed by atoms with Crippen molar-refractivity contribution in [3.8, 4) is 0 Å². The highest BCUT2D eigenvalue weighted by Gasteiger charge is 2.49. The highest BCUT2D eigenvalue weighted by atomic mass is 127. The van der Waals surface area contributed by atoms with Gasteiger partial charge in [0, 0.05) is 21.3 Å². The van der Waals surface area contributed by atoms with Crippen LogP contribution in [0.3, 0.4) is 0 Å². The Kier molecular flexibility index (Phi) is 5.51. The number of halogens is 1. The molecular formula is C7H15IO5Si. The van der Waals surface area contributed by atoms with Crippen molar-refractivity contribution in [3.05, 3.63) is 0 Å². The molecule has 84 valence electrons. The molecule has 0 fully saturated rings. The highest BCUT2D eigenvalue weighted by Crippen LogP contribution is 2.21. The standard InChI is InChI=1S/C7H15IO5Si/c1-7(2,8)6(9)13-14(10-3,11-4)12-5/h1-5H3. The van der Waals surface area contributed by atoms with Crippen LogP contribution < -0.4 is 0 Å². The summed E-state index contributed by atoms with van der Waals surface area (Å²) in [6.45, 7) is 3.46. The van der Waals surface area contributed by atoms with Crippen LogP contribution in [0.15, 0.2) is 0 Å². The van der Waals surface area contributed by atoms with Crippen molar-refractivity contribution in [2.24, 2.45) is 0 Å². The lowest BCUT2D eigenvalue weighted by molar-refractivity contribution is -0.144. The smallest absolute Gasteiger partial charge is 0.451 e. The van der Waals surface area contributed by atoms with Gasteiger partial charge in [0.15, 0.2) is 0 Å². The number of alkyl halides is 1. The van der Waals surface area contributed by atoms with E-state index in [-0.39, 0.29) is 0 Å². The van der Waals surface area contributed by atoms with Gasteiger partial charge < -0.3 is 17.7 Å². The minimum absolute atomic E-state index is 0.421. The molecule has 0 aromatic heterocycles. The van der Waals surface area contributed by atoms with Crippen molar-refractivity contribution >= 4 is 37.6 Å². The Bertz CT molecular complexity index is 190. The molecule has 0 N–H and O–H groups in total. The van der Waals surface area contributed by atoms with Gasteiger partial charge in [-0.25, -0.2) is 0 Å². The van der Waals surface area contributed by atoms with Gasteiger partial charge in [0.25, 0.3) is 0 Å². The van der Waals surface area contributed by atoms with Crippen molar-refractivity contribution in [2.45, 2.75) is 17.3 Å². The molecule has 0 saturated heterocycles. The fraction of sp³-hybridized carbons (Fsp3) is 0.857. The maximum atomic E-state index is 11.5. The summed E-state index contributed by atoms with van der Waals surface area (Å²) in [5.74, 6) is -0.421. The second-order valence-corrected chi connectivity index (χ2v) is 8.10. The Morgan fingerprint density at radius 3 is 1.71 bits per heavy atom. The Morgan fingerprint density at radius 1 is 1.14 bits per heavy atom. The summed E-state index contributed by atoms with van der Waals surface area (Å²) in [5.41, 5.74) is 0. The normalized spacial score (nSPS) is 12.7. The van der Waals surface area contributed by atoms with E-state index in [9.17, 15) is 4.79 Å². The summed E-state index contributed by atoms with van der Waals surface area (Å²) in [7, 11) is 0.900. The van der Waals surface area contributed by atoms with E-state index in [1.807, 2.05) is 22.6 Å². The third-order valence-electron chi connectivity index (χ3n) is 1.45. The summed E-state index contributed by atoms with van der Waals surface area (Å²) in [6.07, 6.45) is 0. The van der Waals surface area contributed by atoms with Crippen LogP contribution in [0, 0.1) is 0 Å². The molecule has 0 aliphatic carbocycles. The molecule has 5 nitrogen and oxygen atoms in total. The predicted octanol–water partition coefficient (Wildman–Crippen LogP) is 1.12. The topological polar surface area (TPSA) is 54.0 Å². The number of rotatable bonds is 5. The number of carbonyl (C=O) groups is 1. The van der Waals surface area contributed by atoms with Crippen LogP contribution in [0.2, 0.25) is 0 Å². The highest BCUT2D eigenvalue weighted by molar-refractivity contribution is 14.1. The maximum Gasteiger partial charge on any atom is 0.750 e. The molecule has 0 aliphatic heterocycles. The van der Waals surface area contributed by atoms with E-state index in [2.05, 4.69) is 0 Å². The molecule has 0 aromatic carbocycles. The van der Waals surface area contributed by atoms with Gasteiger partial charge in [-0.05, 0) is 13.8 Å². The molecule has 0 aromatic rings. The zero-order valence-electron chi connectivity index (χ0n) is 8.92. The largest absolute Gasteiger partial charge is 0.750 e. The average Bonchev–Trinajstić information content (AvgIpc) is 2.12. The first-order valence-corrected chi connectivity index (χ1v) is 6.60. The van der Waals surface area contributed by atoms with E-state index >= 15 is 0 Å². The van der Waals surface area contributed by atoms with Crippen molar-refractivity contribution in [1.82, 2.24) is 0 Å². The Balaban J connectivity index is 4.54. The van der Waals surface area contributed by atoms with Crippen LogP contribution in [0.1, 0.15) is 13.8 Å². The van der Waals surface area contributed by atoms with E-state index in [0.717, 1.165) is 0 Å². The van der Waals surface area contributed by atoms with Gasteiger partial charge in [-0.2, -0.15) is 0 Å².